The highest BCUT2D eigenvalue weighted by Crippen LogP contribution is 2.28. The zero-order valence-electron chi connectivity index (χ0n) is 11.2. The fourth-order valence-electron chi connectivity index (χ4n) is 2.24. The number of carbonyl (C=O) groups excluding carboxylic acids is 2. The number of aromatic carboxylic acids is 1. The van der Waals surface area contributed by atoms with Crippen LogP contribution in [-0.2, 0) is 4.79 Å². The van der Waals surface area contributed by atoms with Gasteiger partial charge in [0.05, 0.1) is 17.3 Å². The lowest BCUT2D eigenvalue weighted by Crippen LogP contribution is -2.21. The summed E-state index contributed by atoms with van der Waals surface area (Å²) in [5, 5.41) is 13.5. The second kappa shape index (κ2) is 4.86. The van der Waals surface area contributed by atoms with E-state index in [1.165, 1.54) is 12.1 Å². The van der Waals surface area contributed by atoms with E-state index in [0.717, 1.165) is 16.8 Å². The lowest BCUT2D eigenvalue weighted by atomic mass is 10.1. The van der Waals surface area contributed by atoms with Gasteiger partial charge in [0.15, 0.2) is 0 Å². The Hall–Kier alpha value is -2.95. The standard InChI is InChI=1S/C16H12N2O3/c1-9-3-2-4-12-13(9)18-15(19)14(12)17-11-7-5-10(6-8-11)16(20)21/h2-8H,1H3,(H,20,21)(H,17,18,19)/p-1. The third kappa shape index (κ3) is 2.29. The van der Waals surface area contributed by atoms with E-state index in [1.54, 1.807) is 12.1 Å². The molecule has 21 heavy (non-hydrogen) atoms. The molecule has 0 unspecified atom stereocenters. The Morgan fingerprint density at radius 3 is 2.52 bits per heavy atom. The summed E-state index contributed by atoms with van der Waals surface area (Å²) in [4.78, 5) is 27.0. The number of rotatable bonds is 2. The Labute approximate surface area is 121 Å². The Kier molecular flexibility index (Phi) is 3.02. The van der Waals surface area contributed by atoms with Crippen molar-refractivity contribution in [3.63, 3.8) is 0 Å². The van der Waals surface area contributed by atoms with E-state index < -0.39 is 5.97 Å². The molecule has 1 aliphatic rings. The number of anilines is 1. The minimum Gasteiger partial charge on any atom is -0.545 e. The van der Waals surface area contributed by atoms with Crippen LogP contribution in [0.2, 0.25) is 0 Å². The summed E-state index contributed by atoms with van der Waals surface area (Å²) in [5.74, 6) is -1.50. The summed E-state index contributed by atoms with van der Waals surface area (Å²) < 4.78 is 0. The average molecular weight is 279 g/mol. The summed E-state index contributed by atoms with van der Waals surface area (Å²) in [5.41, 5.74) is 3.41. The van der Waals surface area contributed by atoms with Gasteiger partial charge in [0, 0.05) is 5.56 Å². The second-order valence-electron chi connectivity index (χ2n) is 4.75. The molecule has 0 aromatic heterocycles. The number of hydrogen-bond donors (Lipinski definition) is 1. The van der Waals surface area contributed by atoms with Gasteiger partial charge in [-0.15, -0.1) is 0 Å². The van der Waals surface area contributed by atoms with E-state index in [0.29, 0.717) is 11.4 Å². The molecule has 0 fully saturated rings. The van der Waals surface area contributed by atoms with Crippen LogP contribution in [0.5, 0.6) is 0 Å². The van der Waals surface area contributed by atoms with E-state index in [1.807, 2.05) is 25.1 Å². The first-order chi connectivity index (χ1) is 10.1. The van der Waals surface area contributed by atoms with Crippen molar-refractivity contribution in [1.82, 2.24) is 0 Å². The van der Waals surface area contributed by atoms with E-state index in [9.17, 15) is 14.7 Å². The molecule has 1 heterocycles. The fraction of sp³-hybridized carbons (Fsp3) is 0.0625. The molecule has 2 aromatic rings. The number of para-hydroxylation sites is 1. The molecule has 0 spiro atoms. The van der Waals surface area contributed by atoms with Crippen molar-refractivity contribution in [2.24, 2.45) is 4.99 Å². The molecule has 0 aliphatic carbocycles. The smallest absolute Gasteiger partial charge is 0.275 e. The molecule has 104 valence electrons. The van der Waals surface area contributed by atoms with Gasteiger partial charge >= 0.3 is 0 Å². The van der Waals surface area contributed by atoms with Crippen molar-refractivity contribution >= 4 is 29.0 Å². The molecule has 0 saturated carbocycles. The normalized spacial score (nSPS) is 14.9. The van der Waals surface area contributed by atoms with Gasteiger partial charge in [-0.25, -0.2) is 4.99 Å². The Morgan fingerprint density at radius 2 is 1.86 bits per heavy atom. The van der Waals surface area contributed by atoms with Crippen molar-refractivity contribution in [2.45, 2.75) is 6.92 Å². The number of amides is 1. The molecule has 0 atom stereocenters. The number of hydrogen-bond acceptors (Lipinski definition) is 4. The van der Waals surface area contributed by atoms with Crippen LogP contribution < -0.4 is 10.4 Å². The number of carboxylic acids is 1. The molecule has 1 N–H and O–H groups in total. The van der Waals surface area contributed by atoms with Crippen LogP contribution in [-0.4, -0.2) is 17.6 Å². The number of fused-ring (bicyclic) bond motifs is 1. The molecule has 0 saturated heterocycles. The summed E-state index contributed by atoms with van der Waals surface area (Å²) >= 11 is 0. The molecule has 5 nitrogen and oxygen atoms in total. The quantitative estimate of drug-likeness (QED) is 0.902. The van der Waals surface area contributed by atoms with Crippen molar-refractivity contribution in [3.8, 4) is 0 Å². The Morgan fingerprint density at radius 1 is 1.14 bits per heavy atom. The molecule has 1 aliphatic heterocycles. The number of aryl methyl sites for hydroxylation is 1. The molecule has 2 aromatic carbocycles. The Bertz CT molecular complexity index is 777. The number of aliphatic imine (C=N–C) groups is 1. The molecule has 0 bridgehead atoms. The van der Waals surface area contributed by atoms with E-state index in [-0.39, 0.29) is 11.5 Å². The van der Waals surface area contributed by atoms with Crippen LogP contribution in [0.3, 0.4) is 0 Å². The van der Waals surface area contributed by atoms with Gasteiger partial charge in [0.1, 0.15) is 5.71 Å². The van der Waals surface area contributed by atoms with Gasteiger partial charge in [-0.3, -0.25) is 4.79 Å². The lowest BCUT2D eigenvalue weighted by Gasteiger charge is -2.03. The van der Waals surface area contributed by atoms with Gasteiger partial charge in [0.2, 0.25) is 0 Å². The van der Waals surface area contributed by atoms with E-state index in [4.69, 9.17) is 0 Å². The largest absolute Gasteiger partial charge is 0.545 e. The molecule has 5 heteroatoms. The van der Waals surface area contributed by atoms with Gasteiger partial charge in [-0.05, 0) is 30.2 Å². The van der Waals surface area contributed by atoms with Crippen LogP contribution in [0.25, 0.3) is 0 Å². The molecule has 1 amide bonds. The molecular weight excluding hydrogens is 268 g/mol. The van der Waals surface area contributed by atoms with Crippen LogP contribution in [0, 0.1) is 6.92 Å². The van der Waals surface area contributed by atoms with Crippen LogP contribution in [0.1, 0.15) is 21.5 Å². The van der Waals surface area contributed by atoms with Crippen LogP contribution >= 0.6 is 0 Å². The topological polar surface area (TPSA) is 81.6 Å². The number of benzene rings is 2. The minimum absolute atomic E-state index is 0.0751. The zero-order chi connectivity index (χ0) is 15.0. The van der Waals surface area contributed by atoms with E-state index in [2.05, 4.69) is 10.3 Å². The average Bonchev–Trinajstić information content (AvgIpc) is 2.78. The maximum Gasteiger partial charge on any atom is 0.275 e. The predicted octanol–water partition coefficient (Wildman–Crippen LogP) is 1.43. The second-order valence-corrected chi connectivity index (χ2v) is 4.75. The molecular formula is C16H11N2O3-. The van der Waals surface area contributed by atoms with Gasteiger partial charge < -0.3 is 15.2 Å². The number of nitrogens with zero attached hydrogens (tertiary/aromatic N) is 1. The number of carbonyl (C=O) groups is 2. The highest BCUT2D eigenvalue weighted by molar-refractivity contribution is 6.54. The minimum atomic E-state index is -1.24. The first kappa shape index (κ1) is 13.1. The zero-order valence-corrected chi connectivity index (χ0v) is 11.2. The summed E-state index contributed by atoms with van der Waals surface area (Å²) in [7, 11) is 0. The van der Waals surface area contributed by atoms with Crippen molar-refractivity contribution in [2.75, 3.05) is 5.32 Å². The van der Waals surface area contributed by atoms with Gasteiger partial charge in [-0.1, -0.05) is 30.3 Å². The summed E-state index contributed by atoms with van der Waals surface area (Å²) in [6.07, 6.45) is 0. The predicted molar refractivity (Wildman–Crippen MR) is 76.8 cm³/mol. The summed E-state index contributed by atoms with van der Waals surface area (Å²) in [6.45, 7) is 1.91. The third-order valence-electron chi connectivity index (χ3n) is 3.33. The first-order valence-electron chi connectivity index (χ1n) is 6.37. The van der Waals surface area contributed by atoms with Crippen LogP contribution in [0.15, 0.2) is 47.5 Å². The highest BCUT2D eigenvalue weighted by Gasteiger charge is 2.26. The SMILES string of the molecule is Cc1cccc2c1NC(=O)C2=Nc1ccc(C(=O)[O-])cc1. The number of carboxylic acid groups (broad SMARTS) is 1. The number of nitrogens with one attached hydrogen (secondary N) is 1. The van der Waals surface area contributed by atoms with Gasteiger partial charge in [-0.2, -0.15) is 0 Å². The highest BCUT2D eigenvalue weighted by atomic mass is 16.4. The van der Waals surface area contributed by atoms with E-state index >= 15 is 0 Å². The van der Waals surface area contributed by atoms with Crippen molar-refractivity contribution < 1.29 is 14.7 Å². The molecule has 0 radical (unpaired) electrons. The van der Waals surface area contributed by atoms with Gasteiger partial charge in [0.25, 0.3) is 5.91 Å². The third-order valence-corrected chi connectivity index (χ3v) is 3.33. The summed E-state index contributed by atoms with van der Waals surface area (Å²) in [6, 6.07) is 11.5. The maximum atomic E-state index is 12.0. The maximum absolute atomic E-state index is 12.0. The van der Waals surface area contributed by atoms with Crippen LogP contribution in [0.4, 0.5) is 11.4 Å². The Balaban J connectivity index is 2.03. The molecule has 3 rings (SSSR count). The lowest BCUT2D eigenvalue weighted by molar-refractivity contribution is -0.255. The monoisotopic (exact) mass is 279 g/mol. The van der Waals surface area contributed by atoms with Crippen molar-refractivity contribution in [1.29, 1.82) is 0 Å². The first-order valence-corrected chi connectivity index (χ1v) is 6.37. The van der Waals surface area contributed by atoms with Crippen molar-refractivity contribution in [3.05, 3.63) is 59.2 Å². The fourth-order valence-corrected chi connectivity index (χ4v) is 2.24.